The van der Waals surface area contributed by atoms with E-state index < -0.39 is 18.1 Å². The number of carbonyl (C=O) groups is 3. The fourth-order valence-electron chi connectivity index (χ4n) is 5.57. The summed E-state index contributed by atoms with van der Waals surface area (Å²) >= 11 is 0. The van der Waals surface area contributed by atoms with E-state index in [0.29, 0.717) is 12.8 Å². The average molecular weight is 806 g/mol. The van der Waals surface area contributed by atoms with Crippen molar-refractivity contribution in [2.75, 3.05) is 41.0 Å². The molecular weight excluding hydrogens is 727 g/mol. The summed E-state index contributed by atoms with van der Waals surface area (Å²) in [5.41, 5.74) is 0. The monoisotopic (exact) mass is 806 g/mol. The van der Waals surface area contributed by atoms with Gasteiger partial charge in [0.2, 0.25) is 0 Å². The minimum Gasteiger partial charge on any atom is -0.544 e. The molecule has 2 atom stereocenters. The predicted molar refractivity (Wildman–Crippen MR) is 240 cm³/mol. The van der Waals surface area contributed by atoms with E-state index in [1.54, 1.807) is 21.1 Å². The Bertz CT molecular complexity index is 1310. The van der Waals surface area contributed by atoms with Crippen LogP contribution >= 0.6 is 0 Å². The molecule has 0 aliphatic rings. The number of carbonyl (C=O) groups excluding carboxylic acids is 3. The molecule has 0 aromatic rings. The van der Waals surface area contributed by atoms with Gasteiger partial charge in [0, 0.05) is 19.3 Å². The Morgan fingerprint density at radius 3 is 1.38 bits per heavy atom. The molecule has 0 heterocycles. The summed E-state index contributed by atoms with van der Waals surface area (Å²) in [5.74, 6) is -1.86. The zero-order valence-electron chi connectivity index (χ0n) is 36.9. The summed E-state index contributed by atoms with van der Waals surface area (Å²) in [5, 5.41) is 11.6. The Labute approximate surface area is 353 Å². The third-order valence-corrected chi connectivity index (χ3v) is 8.90. The smallest absolute Gasteiger partial charge is 0.306 e. The molecule has 2 unspecified atom stereocenters. The van der Waals surface area contributed by atoms with Crippen LogP contribution in [0.15, 0.2) is 109 Å². The quantitative estimate of drug-likeness (QED) is 0.0267. The lowest BCUT2D eigenvalue weighted by molar-refractivity contribution is -0.889. The summed E-state index contributed by atoms with van der Waals surface area (Å²) in [6.07, 6.45) is 54.1. The highest BCUT2D eigenvalue weighted by Crippen LogP contribution is 2.11. The molecule has 0 aliphatic carbocycles. The first-order valence-electron chi connectivity index (χ1n) is 21.9. The molecule has 0 fully saturated rings. The summed E-state index contributed by atoms with van der Waals surface area (Å²) in [6, 6.07) is -0.746. The van der Waals surface area contributed by atoms with Crippen molar-refractivity contribution in [2.45, 2.75) is 148 Å². The third-order valence-electron chi connectivity index (χ3n) is 8.90. The van der Waals surface area contributed by atoms with Crippen LogP contribution in [0.4, 0.5) is 0 Å². The Morgan fingerprint density at radius 2 is 0.931 bits per heavy atom. The maximum absolute atomic E-state index is 12.7. The van der Waals surface area contributed by atoms with Crippen LogP contribution in [0.25, 0.3) is 0 Å². The minimum atomic E-state index is -1.14. The largest absolute Gasteiger partial charge is 0.544 e. The summed E-state index contributed by atoms with van der Waals surface area (Å²) < 4.78 is 17.1. The highest BCUT2D eigenvalue weighted by atomic mass is 16.6. The number of aliphatic carboxylic acids is 1. The number of rotatable bonds is 37. The second kappa shape index (κ2) is 39.8. The normalized spacial score (nSPS) is 14.0. The first-order valence-corrected chi connectivity index (χ1v) is 21.9. The molecule has 0 radical (unpaired) electrons. The Kier molecular flexibility index (Phi) is 37.0. The highest BCUT2D eigenvalue weighted by molar-refractivity contribution is 5.70. The topological polar surface area (TPSA) is 102 Å². The zero-order valence-corrected chi connectivity index (χ0v) is 36.9. The van der Waals surface area contributed by atoms with Crippen LogP contribution in [-0.2, 0) is 28.6 Å². The molecule has 0 saturated heterocycles. The molecule has 0 amide bonds. The van der Waals surface area contributed by atoms with Gasteiger partial charge in [-0.3, -0.25) is 9.59 Å². The van der Waals surface area contributed by atoms with Crippen LogP contribution in [0.3, 0.4) is 0 Å². The van der Waals surface area contributed by atoms with Gasteiger partial charge in [0.1, 0.15) is 12.6 Å². The number of allylic oxidation sites excluding steroid dienone is 18. The number of likely N-dealkylation sites (N-methyl/N-ethyl adjacent to an activating group) is 1. The van der Waals surface area contributed by atoms with E-state index >= 15 is 0 Å². The van der Waals surface area contributed by atoms with Crippen LogP contribution in [0, 0.1) is 0 Å². The highest BCUT2D eigenvalue weighted by Gasteiger charge is 2.25. The Balaban J connectivity index is 4.52. The summed E-state index contributed by atoms with van der Waals surface area (Å²) in [7, 11) is 5.36. The molecule has 0 saturated carbocycles. The van der Waals surface area contributed by atoms with Crippen molar-refractivity contribution in [3.63, 3.8) is 0 Å². The van der Waals surface area contributed by atoms with Gasteiger partial charge in [-0.15, -0.1) is 0 Å². The summed E-state index contributed by atoms with van der Waals surface area (Å²) in [4.78, 5) is 36.8. The van der Waals surface area contributed by atoms with Crippen molar-refractivity contribution < 1.29 is 38.2 Å². The van der Waals surface area contributed by atoms with Crippen LogP contribution in [0.5, 0.6) is 0 Å². The fraction of sp³-hybridized carbons (Fsp3) is 0.580. The van der Waals surface area contributed by atoms with E-state index in [1.807, 2.05) is 0 Å². The average Bonchev–Trinajstić information content (AvgIpc) is 3.18. The van der Waals surface area contributed by atoms with Gasteiger partial charge in [-0.1, -0.05) is 136 Å². The molecule has 8 heteroatoms. The standard InChI is InChI=1S/C50H79NO7/c1-6-8-10-12-14-16-18-20-22-23-24-25-26-27-29-31-33-35-37-39-41-49(53)58-46(44-56-43-42-47(50(54)55)51(3,4)5)45-57-48(52)40-38-36-34-32-30-28-21-19-17-15-13-11-9-7-2/h8-11,14-17,20-22,24-25,27-29,33,35,46-47H,6-7,12-13,18-19,23,26,30-32,34,36-45H2,1-5H3/b10-8+,11-9+,16-14+,17-15+,22-20+,25-24+,28-21+,29-27+,35-33+. The van der Waals surface area contributed by atoms with Crippen LogP contribution < -0.4 is 5.11 Å². The molecule has 0 aliphatic heterocycles. The first-order chi connectivity index (χ1) is 28.1. The van der Waals surface area contributed by atoms with Crippen LogP contribution in [-0.4, -0.2) is 75.5 Å². The van der Waals surface area contributed by atoms with E-state index in [0.717, 1.165) is 96.3 Å². The van der Waals surface area contributed by atoms with Gasteiger partial charge in [-0.25, -0.2) is 0 Å². The van der Waals surface area contributed by atoms with Gasteiger partial charge < -0.3 is 28.6 Å². The number of nitrogens with zero attached hydrogens (tertiary/aromatic N) is 1. The van der Waals surface area contributed by atoms with Crippen molar-refractivity contribution >= 4 is 17.9 Å². The third kappa shape index (κ3) is 37.6. The fourth-order valence-corrected chi connectivity index (χ4v) is 5.57. The van der Waals surface area contributed by atoms with Gasteiger partial charge in [0.05, 0.1) is 40.3 Å². The van der Waals surface area contributed by atoms with Gasteiger partial charge in [0.15, 0.2) is 6.10 Å². The second-order valence-corrected chi connectivity index (χ2v) is 15.2. The van der Waals surface area contributed by atoms with Crippen molar-refractivity contribution in [2.24, 2.45) is 0 Å². The Morgan fingerprint density at radius 1 is 0.517 bits per heavy atom. The number of ether oxygens (including phenoxy) is 3. The molecule has 326 valence electrons. The van der Waals surface area contributed by atoms with E-state index in [9.17, 15) is 19.5 Å². The molecule has 8 nitrogen and oxygen atoms in total. The maximum Gasteiger partial charge on any atom is 0.306 e. The molecule has 0 N–H and O–H groups in total. The number of unbranched alkanes of at least 4 members (excludes halogenated alkanes) is 5. The van der Waals surface area contributed by atoms with Gasteiger partial charge in [0.25, 0.3) is 0 Å². The predicted octanol–water partition coefficient (Wildman–Crippen LogP) is 10.7. The van der Waals surface area contributed by atoms with Gasteiger partial charge in [-0.05, 0) is 89.9 Å². The van der Waals surface area contributed by atoms with Crippen molar-refractivity contribution in [1.82, 2.24) is 0 Å². The number of carboxylic acid groups (broad SMARTS) is 1. The minimum absolute atomic E-state index is 0.00228. The molecule has 0 spiro atoms. The SMILES string of the molecule is CC/C=C/C/C=C/C/C=C/C/C=C/C/C=C/C/C=C/CCCC(=O)OC(COCCC(C(=O)[O-])[N+](C)(C)C)COC(=O)CCCCCC/C=C/C/C=C/C/C=C/CC. The molecule has 0 bridgehead atoms. The Hall–Kier alpha value is -4.01. The molecule has 0 rings (SSSR count). The molecule has 0 aromatic heterocycles. The summed E-state index contributed by atoms with van der Waals surface area (Å²) in [6.45, 7) is 4.32. The van der Waals surface area contributed by atoms with Crippen molar-refractivity contribution in [1.29, 1.82) is 0 Å². The lowest BCUT2D eigenvalue weighted by atomic mass is 10.1. The molecule has 58 heavy (non-hydrogen) atoms. The van der Waals surface area contributed by atoms with Crippen molar-refractivity contribution in [3.8, 4) is 0 Å². The number of esters is 2. The maximum atomic E-state index is 12.7. The number of quaternary nitrogens is 1. The number of hydrogen-bond donors (Lipinski definition) is 0. The van der Waals surface area contributed by atoms with Crippen molar-refractivity contribution in [3.05, 3.63) is 109 Å². The lowest BCUT2D eigenvalue weighted by Crippen LogP contribution is -2.55. The number of carboxylic acids is 1. The van der Waals surface area contributed by atoms with E-state index in [-0.39, 0.29) is 49.1 Å². The van der Waals surface area contributed by atoms with Gasteiger partial charge in [-0.2, -0.15) is 0 Å². The van der Waals surface area contributed by atoms with E-state index in [2.05, 4.69) is 123 Å². The zero-order chi connectivity index (χ0) is 42.8. The molecule has 0 aromatic carbocycles. The van der Waals surface area contributed by atoms with E-state index in [1.165, 1.54) is 0 Å². The van der Waals surface area contributed by atoms with Crippen LogP contribution in [0.1, 0.15) is 136 Å². The first kappa shape index (κ1) is 54.0. The number of hydrogen-bond acceptors (Lipinski definition) is 7. The van der Waals surface area contributed by atoms with Gasteiger partial charge >= 0.3 is 11.9 Å². The molecular formula is C50H79NO7. The lowest BCUT2D eigenvalue weighted by Gasteiger charge is -2.34. The van der Waals surface area contributed by atoms with Crippen LogP contribution in [0.2, 0.25) is 0 Å². The van der Waals surface area contributed by atoms with E-state index in [4.69, 9.17) is 14.2 Å². The second-order valence-electron chi connectivity index (χ2n) is 15.2.